The highest BCUT2D eigenvalue weighted by molar-refractivity contribution is 7.86. The summed E-state index contributed by atoms with van der Waals surface area (Å²) in [5.74, 6) is 0.752. The molecule has 0 N–H and O–H groups in total. The molecular formula is C15H25N3O3S. The molecule has 2 saturated heterocycles. The number of piperidine rings is 1. The van der Waals surface area contributed by atoms with Gasteiger partial charge in [0.25, 0.3) is 10.2 Å². The van der Waals surface area contributed by atoms with Crippen LogP contribution in [0.2, 0.25) is 0 Å². The molecule has 0 aromatic carbocycles. The fourth-order valence-electron chi connectivity index (χ4n) is 3.48. The SMILES string of the molecule is CN(C)C1CCCN(S(=O)(=O)N2CCCC2c2ccco2)C1. The minimum Gasteiger partial charge on any atom is -0.468 e. The van der Waals surface area contributed by atoms with Crippen molar-refractivity contribution in [3.8, 4) is 0 Å². The summed E-state index contributed by atoms with van der Waals surface area (Å²) in [6.45, 7) is 1.78. The Balaban J connectivity index is 1.80. The fraction of sp³-hybridized carbons (Fsp3) is 0.733. The van der Waals surface area contributed by atoms with Crippen LogP contribution < -0.4 is 0 Å². The van der Waals surface area contributed by atoms with Gasteiger partial charge in [0.05, 0.1) is 12.3 Å². The van der Waals surface area contributed by atoms with Crippen LogP contribution in [0, 0.1) is 0 Å². The topological polar surface area (TPSA) is 57.0 Å². The Labute approximate surface area is 132 Å². The van der Waals surface area contributed by atoms with Gasteiger partial charge < -0.3 is 9.32 Å². The molecule has 2 aliphatic rings. The third kappa shape index (κ3) is 2.95. The second kappa shape index (κ2) is 6.31. The minimum absolute atomic E-state index is 0.153. The quantitative estimate of drug-likeness (QED) is 0.844. The van der Waals surface area contributed by atoms with Gasteiger partial charge in [-0.25, -0.2) is 0 Å². The maximum Gasteiger partial charge on any atom is 0.282 e. The van der Waals surface area contributed by atoms with Crippen LogP contribution in [0.25, 0.3) is 0 Å². The molecule has 0 saturated carbocycles. The van der Waals surface area contributed by atoms with Crippen molar-refractivity contribution in [2.75, 3.05) is 33.7 Å². The number of likely N-dealkylation sites (N-methyl/N-ethyl adjacent to an activating group) is 1. The Kier molecular flexibility index (Phi) is 4.59. The van der Waals surface area contributed by atoms with Gasteiger partial charge in [0.15, 0.2) is 0 Å². The summed E-state index contributed by atoms with van der Waals surface area (Å²) < 4.78 is 34.8. The van der Waals surface area contributed by atoms with E-state index in [0.29, 0.717) is 25.7 Å². The summed E-state index contributed by atoms with van der Waals surface area (Å²) in [5, 5.41) is 0. The van der Waals surface area contributed by atoms with Crippen LogP contribution in [-0.2, 0) is 10.2 Å². The molecule has 3 rings (SSSR count). The molecule has 0 radical (unpaired) electrons. The lowest BCUT2D eigenvalue weighted by Gasteiger charge is -2.38. The second-order valence-corrected chi connectivity index (χ2v) is 8.29. The molecule has 2 fully saturated rings. The van der Waals surface area contributed by atoms with Gasteiger partial charge in [0.2, 0.25) is 0 Å². The number of furan rings is 1. The molecule has 0 amide bonds. The van der Waals surface area contributed by atoms with E-state index in [1.165, 1.54) is 0 Å². The lowest BCUT2D eigenvalue weighted by molar-refractivity contribution is 0.180. The van der Waals surface area contributed by atoms with Crippen molar-refractivity contribution in [1.29, 1.82) is 0 Å². The first-order valence-electron chi connectivity index (χ1n) is 7.97. The third-order valence-corrected chi connectivity index (χ3v) is 6.80. The van der Waals surface area contributed by atoms with Gasteiger partial charge in [-0.15, -0.1) is 0 Å². The zero-order valence-electron chi connectivity index (χ0n) is 13.3. The molecule has 2 aliphatic heterocycles. The summed E-state index contributed by atoms with van der Waals surface area (Å²) in [6.07, 6.45) is 5.30. The average Bonchev–Trinajstić information content (AvgIpc) is 3.18. The van der Waals surface area contributed by atoms with Crippen molar-refractivity contribution in [2.45, 2.75) is 37.8 Å². The number of rotatable bonds is 4. The highest BCUT2D eigenvalue weighted by atomic mass is 32.2. The van der Waals surface area contributed by atoms with Crippen molar-refractivity contribution < 1.29 is 12.8 Å². The zero-order valence-corrected chi connectivity index (χ0v) is 14.1. The standard InChI is InChI=1S/C15H25N3O3S/c1-16(2)13-6-3-9-17(12-13)22(19,20)18-10-4-7-14(18)15-8-5-11-21-15/h5,8,11,13-14H,3-4,6-7,9-10,12H2,1-2H3. The molecule has 2 atom stereocenters. The zero-order chi connectivity index (χ0) is 15.7. The predicted octanol–water partition coefficient (Wildman–Crippen LogP) is 1.69. The van der Waals surface area contributed by atoms with Crippen LogP contribution in [0.15, 0.2) is 22.8 Å². The van der Waals surface area contributed by atoms with Gasteiger partial charge in [-0.3, -0.25) is 0 Å². The van der Waals surface area contributed by atoms with Gasteiger partial charge in [-0.1, -0.05) is 0 Å². The Bertz CT molecular complexity index is 585. The van der Waals surface area contributed by atoms with Crippen LogP contribution in [0.1, 0.15) is 37.5 Å². The van der Waals surface area contributed by atoms with Crippen LogP contribution >= 0.6 is 0 Å². The molecular weight excluding hydrogens is 302 g/mol. The van der Waals surface area contributed by atoms with E-state index in [1.807, 2.05) is 26.2 Å². The van der Waals surface area contributed by atoms with Gasteiger partial charge in [-0.2, -0.15) is 17.0 Å². The summed E-state index contributed by atoms with van der Waals surface area (Å²) in [7, 11) is 0.609. The average molecular weight is 327 g/mol. The predicted molar refractivity (Wildman–Crippen MR) is 84.6 cm³/mol. The van der Waals surface area contributed by atoms with Crippen molar-refractivity contribution in [2.24, 2.45) is 0 Å². The van der Waals surface area contributed by atoms with E-state index in [-0.39, 0.29) is 6.04 Å². The number of hydrogen-bond acceptors (Lipinski definition) is 4. The van der Waals surface area contributed by atoms with Crippen molar-refractivity contribution in [3.63, 3.8) is 0 Å². The highest BCUT2D eigenvalue weighted by Gasteiger charge is 2.41. The number of hydrogen-bond donors (Lipinski definition) is 0. The summed E-state index contributed by atoms with van der Waals surface area (Å²) in [6, 6.07) is 3.84. The molecule has 2 unspecified atom stereocenters. The van der Waals surface area contributed by atoms with Crippen LogP contribution in [0.5, 0.6) is 0 Å². The Hall–Kier alpha value is -0.890. The van der Waals surface area contributed by atoms with E-state index in [1.54, 1.807) is 14.9 Å². The van der Waals surface area contributed by atoms with E-state index < -0.39 is 10.2 Å². The van der Waals surface area contributed by atoms with Crippen molar-refractivity contribution in [3.05, 3.63) is 24.2 Å². The smallest absolute Gasteiger partial charge is 0.282 e. The second-order valence-electron chi connectivity index (χ2n) is 6.41. The molecule has 0 spiro atoms. The lowest BCUT2D eigenvalue weighted by atomic mass is 10.1. The summed E-state index contributed by atoms with van der Waals surface area (Å²) >= 11 is 0. The van der Waals surface area contributed by atoms with Crippen LogP contribution in [0.4, 0.5) is 0 Å². The first kappa shape index (κ1) is 16.0. The van der Waals surface area contributed by atoms with E-state index in [4.69, 9.17) is 4.42 Å². The normalized spacial score (nSPS) is 28.5. The van der Waals surface area contributed by atoms with E-state index >= 15 is 0 Å². The molecule has 0 bridgehead atoms. The first-order valence-corrected chi connectivity index (χ1v) is 9.36. The Morgan fingerprint density at radius 1 is 1.23 bits per heavy atom. The molecule has 7 heteroatoms. The Morgan fingerprint density at radius 3 is 2.68 bits per heavy atom. The van der Waals surface area contributed by atoms with Gasteiger partial charge in [0.1, 0.15) is 5.76 Å². The Morgan fingerprint density at radius 2 is 2.00 bits per heavy atom. The number of nitrogens with zero attached hydrogens (tertiary/aromatic N) is 3. The van der Waals surface area contributed by atoms with Crippen LogP contribution in [-0.4, -0.2) is 61.7 Å². The molecule has 3 heterocycles. The van der Waals surface area contributed by atoms with Gasteiger partial charge in [0, 0.05) is 25.7 Å². The summed E-state index contributed by atoms with van der Waals surface area (Å²) in [4.78, 5) is 2.12. The maximum absolute atomic E-state index is 13.1. The van der Waals surface area contributed by atoms with Crippen molar-refractivity contribution in [1.82, 2.24) is 13.5 Å². The summed E-state index contributed by atoms with van der Waals surface area (Å²) in [5.41, 5.74) is 0. The monoisotopic (exact) mass is 327 g/mol. The highest BCUT2D eigenvalue weighted by Crippen LogP contribution is 2.36. The van der Waals surface area contributed by atoms with Gasteiger partial charge >= 0.3 is 0 Å². The molecule has 22 heavy (non-hydrogen) atoms. The molecule has 124 valence electrons. The van der Waals surface area contributed by atoms with E-state index in [9.17, 15) is 8.42 Å². The van der Waals surface area contributed by atoms with Crippen LogP contribution in [0.3, 0.4) is 0 Å². The minimum atomic E-state index is -3.42. The molecule has 1 aromatic heterocycles. The largest absolute Gasteiger partial charge is 0.468 e. The first-order chi connectivity index (χ1) is 10.5. The van der Waals surface area contributed by atoms with E-state index in [0.717, 1.165) is 31.4 Å². The van der Waals surface area contributed by atoms with Crippen molar-refractivity contribution >= 4 is 10.2 Å². The third-order valence-electron chi connectivity index (χ3n) is 4.79. The fourth-order valence-corrected chi connectivity index (χ4v) is 5.39. The lowest BCUT2D eigenvalue weighted by Crippen LogP contribution is -2.51. The maximum atomic E-state index is 13.1. The van der Waals surface area contributed by atoms with Gasteiger partial charge in [-0.05, 0) is 51.9 Å². The molecule has 0 aliphatic carbocycles. The molecule has 1 aromatic rings. The molecule has 6 nitrogen and oxygen atoms in total. The van der Waals surface area contributed by atoms with E-state index in [2.05, 4.69) is 4.90 Å².